The highest BCUT2D eigenvalue weighted by molar-refractivity contribution is 5.49. The lowest BCUT2D eigenvalue weighted by molar-refractivity contribution is -0.00855. The maximum absolute atomic E-state index is 9.84. The lowest BCUT2D eigenvalue weighted by Gasteiger charge is -2.43. The van der Waals surface area contributed by atoms with Gasteiger partial charge in [0, 0.05) is 12.8 Å². The molecule has 2 rings (SSSR count). The minimum Gasteiger partial charge on any atom is -0.497 e. The molecular formula is C15H23NO3. The summed E-state index contributed by atoms with van der Waals surface area (Å²) in [5.41, 5.74) is 0.612. The molecule has 0 saturated heterocycles. The van der Waals surface area contributed by atoms with E-state index < -0.39 is 0 Å². The zero-order valence-electron chi connectivity index (χ0n) is 11.7. The molecule has 1 aliphatic rings. The molecule has 1 aromatic rings. The molecule has 106 valence electrons. The zero-order valence-corrected chi connectivity index (χ0v) is 11.7. The fourth-order valence-electron chi connectivity index (χ4n) is 2.88. The van der Waals surface area contributed by atoms with Crippen molar-refractivity contribution in [1.29, 1.82) is 0 Å². The normalized spacial score (nSPS) is 27.0. The van der Waals surface area contributed by atoms with Gasteiger partial charge in [-0.2, -0.15) is 0 Å². The fourth-order valence-corrected chi connectivity index (χ4v) is 2.88. The molecule has 4 nitrogen and oxygen atoms in total. The predicted octanol–water partition coefficient (Wildman–Crippen LogP) is 2.43. The first-order valence-corrected chi connectivity index (χ1v) is 6.80. The van der Waals surface area contributed by atoms with Gasteiger partial charge in [0.25, 0.3) is 0 Å². The minimum absolute atomic E-state index is 0.0494. The van der Waals surface area contributed by atoms with Gasteiger partial charge in [0.15, 0.2) is 0 Å². The van der Waals surface area contributed by atoms with Gasteiger partial charge in [-0.25, -0.2) is 0 Å². The van der Waals surface area contributed by atoms with Gasteiger partial charge in [0.2, 0.25) is 0 Å². The van der Waals surface area contributed by atoms with Crippen LogP contribution < -0.4 is 10.1 Å². The Balaban J connectivity index is 2.15. The molecule has 0 amide bonds. The maximum Gasteiger partial charge on any atom is 0.119 e. The Labute approximate surface area is 114 Å². The number of nitrogens with one attached hydrogen (secondary N) is 1. The molecule has 0 aromatic heterocycles. The van der Waals surface area contributed by atoms with Crippen molar-refractivity contribution in [2.24, 2.45) is 0 Å². The van der Waals surface area contributed by atoms with Gasteiger partial charge < -0.3 is 19.9 Å². The second-order valence-corrected chi connectivity index (χ2v) is 5.14. The molecule has 19 heavy (non-hydrogen) atoms. The summed E-state index contributed by atoms with van der Waals surface area (Å²) in [7, 11) is 3.37. The first-order valence-electron chi connectivity index (χ1n) is 6.80. The van der Waals surface area contributed by atoms with E-state index in [-0.39, 0.29) is 18.2 Å². The molecule has 0 radical (unpaired) electrons. The number of anilines is 1. The van der Waals surface area contributed by atoms with Crippen LogP contribution in [0.25, 0.3) is 0 Å². The number of ether oxygens (including phenoxy) is 2. The van der Waals surface area contributed by atoms with Gasteiger partial charge in [0.1, 0.15) is 5.75 Å². The van der Waals surface area contributed by atoms with E-state index in [2.05, 4.69) is 5.32 Å². The molecule has 1 aromatic carbocycles. The van der Waals surface area contributed by atoms with Gasteiger partial charge in [-0.1, -0.05) is 12.8 Å². The van der Waals surface area contributed by atoms with Crippen molar-refractivity contribution in [3.8, 4) is 5.75 Å². The van der Waals surface area contributed by atoms with E-state index in [4.69, 9.17) is 9.47 Å². The SMILES string of the molecule is COc1ccc(NC2(CO)CCCCC2OC)cc1. The highest BCUT2D eigenvalue weighted by Gasteiger charge is 2.40. The number of hydrogen-bond donors (Lipinski definition) is 2. The van der Waals surface area contributed by atoms with Crippen molar-refractivity contribution in [3.05, 3.63) is 24.3 Å². The molecule has 1 aliphatic carbocycles. The quantitative estimate of drug-likeness (QED) is 0.858. The summed E-state index contributed by atoms with van der Waals surface area (Å²) in [6.07, 6.45) is 4.23. The maximum atomic E-state index is 9.84. The average molecular weight is 265 g/mol. The van der Waals surface area contributed by atoms with Crippen LogP contribution in [0.4, 0.5) is 5.69 Å². The average Bonchev–Trinajstić information content (AvgIpc) is 2.48. The van der Waals surface area contributed by atoms with Crippen molar-refractivity contribution in [2.75, 3.05) is 26.1 Å². The standard InChI is InChI=1S/C15H23NO3/c1-18-13-8-6-12(7-9-13)16-15(11-17)10-4-3-5-14(15)19-2/h6-9,14,16-17H,3-5,10-11H2,1-2H3. The van der Waals surface area contributed by atoms with Crippen LogP contribution in [-0.2, 0) is 4.74 Å². The lowest BCUT2D eigenvalue weighted by Crippen LogP contribution is -2.55. The molecule has 2 unspecified atom stereocenters. The Morgan fingerprint density at radius 2 is 2.00 bits per heavy atom. The Hall–Kier alpha value is -1.26. The van der Waals surface area contributed by atoms with Crippen LogP contribution >= 0.6 is 0 Å². The van der Waals surface area contributed by atoms with Gasteiger partial charge in [-0.05, 0) is 37.1 Å². The van der Waals surface area contributed by atoms with Crippen molar-refractivity contribution in [2.45, 2.75) is 37.3 Å². The van der Waals surface area contributed by atoms with Gasteiger partial charge in [-0.15, -0.1) is 0 Å². The fraction of sp³-hybridized carbons (Fsp3) is 0.600. The Morgan fingerprint density at radius 3 is 2.58 bits per heavy atom. The van der Waals surface area contributed by atoms with Crippen LogP contribution in [0.2, 0.25) is 0 Å². The third-order valence-corrected chi connectivity index (χ3v) is 4.01. The van der Waals surface area contributed by atoms with Gasteiger partial charge in [0.05, 0.1) is 25.4 Å². The summed E-state index contributed by atoms with van der Waals surface area (Å²) in [4.78, 5) is 0. The lowest BCUT2D eigenvalue weighted by atomic mass is 9.79. The zero-order chi connectivity index (χ0) is 13.7. The molecule has 0 heterocycles. The molecular weight excluding hydrogens is 242 g/mol. The summed E-state index contributed by atoms with van der Waals surface area (Å²) in [5.74, 6) is 0.829. The first kappa shape index (κ1) is 14.2. The van der Waals surface area contributed by atoms with E-state index in [0.717, 1.165) is 37.1 Å². The van der Waals surface area contributed by atoms with Crippen LogP contribution in [0.5, 0.6) is 5.75 Å². The highest BCUT2D eigenvalue weighted by Crippen LogP contribution is 2.33. The van der Waals surface area contributed by atoms with Crippen molar-refractivity contribution in [1.82, 2.24) is 0 Å². The smallest absolute Gasteiger partial charge is 0.119 e. The first-order chi connectivity index (χ1) is 9.24. The number of aliphatic hydroxyl groups excluding tert-OH is 1. The van der Waals surface area contributed by atoms with E-state index in [0.29, 0.717) is 0 Å². The van der Waals surface area contributed by atoms with Crippen molar-refractivity contribution >= 4 is 5.69 Å². The van der Waals surface area contributed by atoms with Gasteiger partial charge >= 0.3 is 0 Å². The molecule has 1 saturated carbocycles. The van der Waals surface area contributed by atoms with E-state index in [9.17, 15) is 5.11 Å². The minimum atomic E-state index is -0.373. The largest absolute Gasteiger partial charge is 0.497 e. The van der Waals surface area contributed by atoms with Crippen LogP contribution in [0, 0.1) is 0 Å². The van der Waals surface area contributed by atoms with E-state index in [1.807, 2.05) is 24.3 Å². The third-order valence-electron chi connectivity index (χ3n) is 4.01. The summed E-state index contributed by atoms with van der Waals surface area (Å²) >= 11 is 0. The highest BCUT2D eigenvalue weighted by atomic mass is 16.5. The van der Waals surface area contributed by atoms with Crippen LogP contribution in [0.1, 0.15) is 25.7 Å². The summed E-state index contributed by atoms with van der Waals surface area (Å²) in [6.45, 7) is 0.0809. The Morgan fingerprint density at radius 1 is 1.26 bits per heavy atom. The molecule has 0 aliphatic heterocycles. The van der Waals surface area contributed by atoms with Gasteiger partial charge in [-0.3, -0.25) is 0 Å². The third kappa shape index (κ3) is 3.01. The molecule has 2 N–H and O–H groups in total. The number of rotatable bonds is 5. The molecule has 4 heteroatoms. The second-order valence-electron chi connectivity index (χ2n) is 5.14. The van der Waals surface area contributed by atoms with E-state index in [1.54, 1.807) is 14.2 Å². The Kier molecular flexibility index (Phi) is 4.66. The second kappa shape index (κ2) is 6.26. The number of hydrogen-bond acceptors (Lipinski definition) is 4. The van der Waals surface area contributed by atoms with Crippen LogP contribution in [-0.4, -0.2) is 37.6 Å². The molecule has 1 fully saturated rings. The summed E-state index contributed by atoms with van der Waals surface area (Å²) in [6, 6.07) is 7.77. The number of methoxy groups -OCH3 is 2. The van der Waals surface area contributed by atoms with Crippen molar-refractivity contribution in [3.63, 3.8) is 0 Å². The predicted molar refractivity (Wildman–Crippen MR) is 75.7 cm³/mol. The van der Waals surface area contributed by atoms with E-state index >= 15 is 0 Å². The number of benzene rings is 1. The van der Waals surface area contributed by atoms with Crippen molar-refractivity contribution < 1.29 is 14.6 Å². The monoisotopic (exact) mass is 265 g/mol. The van der Waals surface area contributed by atoms with Crippen LogP contribution in [0.15, 0.2) is 24.3 Å². The molecule has 2 atom stereocenters. The number of aliphatic hydroxyl groups is 1. The molecule has 0 spiro atoms. The topological polar surface area (TPSA) is 50.7 Å². The Bertz CT molecular complexity index is 393. The summed E-state index contributed by atoms with van der Waals surface area (Å²) < 4.78 is 10.7. The van der Waals surface area contributed by atoms with E-state index in [1.165, 1.54) is 0 Å². The molecule has 0 bridgehead atoms. The summed E-state index contributed by atoms with van der Waals surface area (Å²) in [5, 5.41) is 13.3. The van der Waals surface area contributed by atoms with Crippen LogP contribution in [0.3, 0.4) is 0 Å².